The SMILES string of the molecule is CCC(CSC)NC(=O)c1ccc(C)c(C#CCCO)c1. The lowest BCUT2D eigenvalue weighted by Crippen LogP contribution is -2.36. The zero-order chi connectivity index (χ0) is 15.7. The van der Waals surface area contributed by atoms with E-state index in [1.165, 1.54) is 0 Å². The second-order valence-electron chi connectivity index (χ2n) is 4.84. The number of carbonyl (C=O) groups excluding carboxylic acids is 1. The van der Waals surface area contributed by atoms with Crippen LogP contribution in [0.4, 0.5) is 0 Å². The minimum absolute atomic E-state index is 0.0545. The minimum atomic E-state index is -0.0545. The molecule has 0 bridgehead atoms. The van der Waals surface area contributed by atoms with Crippen LogP contribution in [0.3, 0.4) is 0 Å². The molecule has 0 saturated heterocycles. The van der Waals surface area contributed by atoms with Crippen molar-refractivity contribution >= 4 is 17.7 Å². The Bertz CT molecular complexity index is 531. The van der Waals surface area contributed by atoms with E-state index < -0.39 is 0 Å². The Morgan fingerprint density at radius 1 is 1.48 bits per heavy atom. The highest BCUT2D eigenvalue weighted by molar-refractivity contribution is 7.98. The Morgan fingerprint density at radius 2 is 2.24 bits per heavy atom. The summed E-state index contributed by atoms with van der Waals surface area (Å²) in [5.41, 5.74) is 2.51. The molecule has 1 rings (SSSR count). The standard InChI is InChI=1S/C17H23NO2S/c1-4-16(12-21-3)18-17(20)15-9-8-13(2)14(11-15)7-5-6-10-19/h8-9,11,16,19H,4,6,10,12H2,1-3H3,(H,18,20). The lowest BCUT2D eigenvalue weighted by molar-refractivity contribution is 0.0940. The molecule has 1 amide bonds. The third-order valence-corrected chi connectivity index (χ3v) is 3.89. The molecule has 0 spiro atoms. The molecule has 2 N–H and O–H groups in total. The van der Waals surface area contributed by atoms with Gasteiger partial charge in [0.05, 0.1) is 6.61 Å². The van der Waals surface area contributed by atoms with Crippen molar-refractivity contribution in [3.8, 4) is 11.8 Å². The summed E-state index contributed by atoms with van der Waals surface area (Å²) in [4.78, 5) is 12.3. The van der Waals surface area contributed by atoms with Crippen LogP contribution >= 0.6 is 11.8 Å². The van der Waals surface area contributed by atoms with Crippen LogP contribution in [0.5, 0.6) is 0 Å². The molecule has 3 nitrogen and oxygen atoms in total. The van der Waals surface area contributed by atoms with Gasteiger partial charge < -0.3 is 10.4 Å². The molecule has 0 saturated carbocycles. The summed E-state index contributed by atoms with van der Waals surface area (Å²) in [7, 11) is 0. The van der Waals surface area contributed by atoms with Crippen molar-refractivity contribution in [3.05, 3.63) is 34.9 Å². The fourth-order valence-corrected chi connectivity index (χ4v) is 2.56. The van der Waals surface area contributed by atoms with E-state index in [4.69, 9.17) is 5.11 Å². The summed E-state index contributed by atoms with van der Waals surface area (Å²) >= 11 is 1.73. The van der Waals surface area contributed by atoms with Crippen molar-refractivity contribution in [3.63, 3.8) is 0 Å². The van der Waals surface area contributed by atoms with Crippen LogP contribution in [0.25, 0.3) is 0 Å². The van der Waals surface area contributed by atoms with Gasteiger partial charge in [0.1, 0.15) is 0 Å². The number of thioether (sulfide) groups is 1. The molecule has 0 fully saturated rings. The second kappa shape index (κ2) is 9.49. The number of hydrogen-bond donors (Lipinski definition) is 2. The maximum Gasteiger partial charge on any atom is 0.251 e. The number of aryl methyl sites for hydroxylation is 1. The Morgan fingerprint density at radius 3 is 2.86 bits per heavy atom. The first kappa shape index (κ1) is 17.6. The zero-order valence-corrected chi connectivity index (χ0v) is 13.7. The first-order chi connectivity index (χ1) is 10.1. The predicted molar refractivity (Wildman–Crippen MR) is 89.7 cm³/mol. The Balaban J connectivity index is 2.86. The molecule has 0 aromatic heterocycles. The van der Waals surface area contributed by atoms with Gasteiger partial charge in [-0.1, -0.05) is 24.8 Å². The van der Waals surface area contributed by atoms with Gasteiger partial charge in [-0.2, -0.15) is 11.8 Å². The second-order valence-corrected chi connectivity index (χ2v) is 5.75. The third kappa shape index (κ3) is 5.82. The number of benzene rings is 1. The van der Waals surface area contributed by atoms with E-state index in [2.05, 4.69) is 24.1 Å². The highest BCUT2D eigenvalue weighted by atomic mass is 32.2. The number of carbonyl (C=O) groups is 1. The van der Waals surface area contributed by atoms with Crippen molar-refractivity contribution in [2.45, 2.75) is 32.7 Å². The summed E-state index contributed by atoms with van der Waals surface area (Å²) in [6.45, 7) is 4.09. The summed E-state index contributed by atoms with van der Waals surface area (Å²) < 4.78 is 0. The van der Waals surface area contributed by atoms with Crippen molar-refractivity contribution in [2.24, 2.45) is 0 Å². The van der Waals surface area contributed by atoms with E-state index in [9.17, 15) is 4.79 Å². The van der Waals surface area contributed by atoms with Gasteiger partial charge in [0.25, 0.3) is 5.91 Å². The number of hydrogen-bond acceptors (Lipinski definition) is 3. The molecular formula is C17H23NO2S. The highest BCUT2D eigenvalue weighted by Crippen LogP contribution is 2.11. The van der Waals surface area contributed by atoms with Gasteiger partial charge in [0, 0.05) is 29.3 Å². The lowest BCUT2D eigenvalue weighted by Gasteiger charge is -2.16. The van der Waals surface area contributed by atoms with Crippen LogP contribution in [-0.4, -0.2) is 35.7 Å². The molecule has 1 aromatic carbocycles. The maximum absolute atomic E-state index is 12.3. The monoisotopic (exact) mass is 305 g/mol. The fraction of sp³-hybridized carbons (Fsp3) is 0.471. The molecule has 1 atom stereocenters. The van der Waals surface area contributed by atoms with Crippen LogP contribution in [0.1, 0.15) is 41.3 Å². The van der Waals surface area contributed by atoms with Crippen LogP contribution < -0.4 is 5.32 Å². The molecular weight excluding hydrogens is 282 g/mol. The van der Waals surface area contributed by atoms with E-state index in [0.717, 1.165) is 23.3 Å². The number of rotatable bonds is 6. The molecule has 1 aromatic rings. The van der Waals surface area contributed by atoms with E-state index in [1.807, 2.05) is 31.4 Å². The summed E-state index contributed by atoms with van der Waals surface area (Å²) in [5, 5.41) is 11.8. The average Bonchev–Trinajstić information content (AvgIpc) is 2.48. The molecule has 4 heteroatoms. The number of amides is 1. The summed E-state index contributed by atoms with van der Waals surface area (Å²) in [5.74, 6) is 6.76. The average molecular weight is 305 g/mol. The van der Waals surface area contributed by atoms with Crippen LogP contribution in [0.2, 0.25) is 0 Å². The van der Waals surface area contributed by atoms with Gasteiger partial charge >= 0.3 is 0 Å². The minimum Gasteiger partial charge on any atom is -0.395 e. The third-order valence-electron chi connectivity index (χ3n) is 3.16. The fourth-order valence-electron chi connectivity index (χ4n) is 1.84. The van der Waals surface area contributed by atoms with Crippen LogP contribution in [0, 0.1) is 18.8 Å². The van der Waals surface area contributed by atoms with Gasteiger partial charge in [-0.3, -0.25) is 4.79 Å². The molecule has 0 heterocycles. The zero-order valence-electron chi connectivity index (χ0n) is 12.9. The van der Waals surface area contributed by atoms with Gasteiger partial charge in [-0.05, 0) is 37.3 Å². The molecule has 21 heavy (non-hydrogen) atoms. The first-order valence-corrected chi connectivity index (χ1v) is 8.51. The van der Waals surface area contributed by atoms with E-state index in [0.29, 0.717) is 12.0 Å². The topological polar surface area (TPSA) is 49.3 Å². The Kier molecular flexibility index (Phi) is 7.96. The molecule has 0 aliphatic rings. The van der Waals surface area contributed by atoms with Crippen molar-refractivity contribution in [1.29, 1.82) is 0 Å². The van der Waals surface area contributed by atoms with Crippen molar-refractivity contribution in [2.75, 3.05) is 18.6 Å². The normalized spacial score (nSPS) is 11.4. The van der Waals surface area contributed by atoms with Crippen LogP contribution in [-0.2, 0) is 0 Å². The Hall–Kier alpha value is -1.44. The van der Waals surface area contributed by atoms with Crippen molar-refractivity contribution < 1.29 is 9.90 Å². The van der Waals surface area contributed by atoms with Gasteiger partial charge in [0.2, 0.25) is 0 Å². The van der Waals surface area contributed by atoms with Crippen molar-refractivity contribution in [1.82, 2.24) is 5.32 Å². The lowest BCUT2D eigenvalue weighted by atomic mass is 10.0. The molecule has 114 valence electrons. The maximum atomic E-state index is 12.3. The van der Waals surface area contributed by atoms with E-state index >= 15 is 0 Å². The Labute approximate surface area is 131 Å². The van der Waals surface area contributed by atoms with Gasteiger partial charge in [0.15, 0.2) is 0 Å². The van der Waals surface area contributed by atoms with E-state index in [-0.39, 0.29) is 18.6 Å². The number of aliphatic hydroxyl groups excluding tert-OH is 1. The van der Waals surface area contributed by atoms with Gasteiger partial charge in [-0.15, -0.1) is 0 Å². The summed E-state index contributed by atoms with van der Waals surface area (Å²) in [6.07, 6.45) is 3.40. The highest BCUT2D eigenvalue weighted by Gasteiger charge is 2.12. The number of aliphatic hydroxyl groups is 1. The smallest absolute Gasteiger partial charge is 0.251 e. The quantitative estimate of drug-likeness (QED) is 0.794. The predicted octanol–water partition coefficient (Wildman–Crippen LogP) is 2.60. The molecule has 0 radical (unpaired) electrons. The van der Waals surface area contributed by atoms with E-state index in [1.54, 1.807) is 11.8 Å². The largest absolute Gasteiger partial charge is 0.395 e. The summed E-state index contributed by atoms with van der Waals surface area (Å²) in [6, 6.07) is 5.75. The molecule has 0 aliphatic carbocycles. The molecule has 1 unspecified atom stereocenters. The first-order valence-electron chi connectivity index (χ1n) is 7.12. The molecule has 0 aliphatic heterocycles. The van der Waals surface area contributed by atoms with Crippen LogP contribution in [0.15, 0.2) is 18.2 Å². The van der Waals surface area contributed by atoms with Gasteiger partial charge in [-0.25, -0.2) is 0 Å². The number of nitrogens with one attached hydrogen (secondary N) is 1.